The van der Waals surface area contributed by atoms with Crippen LogP contribution in [0.4, 0.5) is 0 Å². The Bertz CT molecular complexity index is 509. The number of halogens is 2. The first-order valence-corrected chi connectivity index (χ1v) is 5.28. The molecule has 0 saturated carbocycles. The van der Waals surface area contributed by atoms with E-state index in [1.165, 1.54) is 18.3 Å². The standard InChI is InChI=1S/C11H7Cl2NO2/c12-6-4-8(13)10(14-5-6)7-2-1-3-9(15)11(7)16/h1-5,7,15H. The van der Waals surface area contributed by atoms with E-state index in [2.05, 4.69) is 4.98 Å². The van der Waals surface area contributed by atoms with E-state index in [9.17, 15) is 9.90 Å². The quantitative estimate of drug-likeness (QED) is 0.840. The maximum atomic E-state index is 11.7. The predicted octanol–water partition coefficient (Wildman–Crippen LogP) is 3.05. The zero-order chi connectivity index (χ0) is 11.7. The molecule has 1 aliphatic carbocycles. The molecule has 0 bridgehead atoms. The van der Waals surface area contributed by atoms with Gasteiger partial charge in [0.25, 0.3) is 0 Å². The van der Waals surface area contributed by atoms with Gasteiger partial charge in [-0.1, -0.05) is 35.4 Å². The summed E-state index contributed by atoms with van der Waals surface area (Å²) in [5.74, 6) is -1.35. The molecule has 0 aromatic carbocycles. The molecule has 1 aliphatic rings. The van der Waals surface area contributed by atoms with E-state index in [-0.39, 0.29) is 5.76 Å². The van der Waals surface area contributed by atoms with Crippen LogP contribution in [0, 0.1) is 0 Å². The average molecular weight is 256 g/mol. The van der Waals surface area contributed by atoms with Crippen LogP contribution in [0.2, 0.25) is 10.0 Å². The Labute approximate surface area is 102 Å². The van der Waals surface area contributed by atoms with Crippen molar-refractivity contribution in [3.05, 3.63) is 52.0 Å². The predicted molar refractivity (Wildman–Crippen MR) is 61.9 cm³/mol. The van der Waals surface area contributed by atoms with Crippen LogP contribution in [0.1, 0.15) is 11.6 Å². The highest BCUT2D eigenvalue weighted by Gasteiger charge is 2.26. The summed E-state index contributed by atoms with van der Waals surface area (Å²) in [5, 5.41) is 10.0. The molecule has 0 amide bonds. The number of hydrogen-bond acceptors (Lipinski definition) is 3. The minimum absolute atomic E-state index is 0.291. The number of rotatable bonds is 1. The number of ketones is 1. The molecule has 0 spiro atoms. The molecule has 0 aliphatic heterocycles. The number of allylic oxidation sites excluding steroid dienone is 4. The van der Waals surface area contributed by atoms with E-state index in [0.29, 0.717) is 15.7 Å². The second kappa shape index (κ2) is 4.28. The first kappa shape index (κ1) is 11.2. The largest absolute Gasteiger partial charge is 0.504 e. The Kier molecular flexibility index (Phi) is 2.99. The average Bonchev–Trinajstić information content (AvgIpc) is 2.23. The maximum absolute atomic E-state index is 11.7. The highest BCUT2D eigenvalue weighted by atomic mass is 35.5. The zero-order valence-electron chi connectivity index (χ0n) is 8.02. The van der Waals surface area contributed by atoms with Crippen LogP contribution < -0.4 is 0 Å². The van der Waals surface area contributed by atoms with Crippen molar-refractivity contribution < 1.29 is 9.90 Å². The lowest BCUT2D eigenvalue weighted by Crippen LogP contribution is -2.16. The fraction of sp³-hybridized carbons (Fsp3) is 0.0909. The second-order valence-corrected chi connectivity index (χ2v) is 4.14. The number of hydrogen-bond donors (Lipinski definition) is 1. The van der Waals surface area contributed by atoms with Crippen LogP contribution in [0.15, 0.2) is 36.3 Å². The highest BCUT2D eigenvalue weighted by Crippen LogP contribution is 2.29. The molecular formula is C11H7Cl2NO2. The highest BCUT2D eigenvalue weighted by molar-refractivity contribution is 6.35. The van der Waals surface area contributed by atoms with Crippen LogP contribution in [0.5, 0.6) is 0 Å². The molecule has 3 nitrogen and oxygen atoms in total. The SMILES string of the molecule is O=C1C(O)=CC=CC1c1ncc(Cl)cc1Cl. The molecule has 1 atom stereocenters. The molecular weight excluding hydrogens is 249 g/mol. The molecule has 82 valence electrons. The summed E-state index contributed by atoms with van der Waals surface area (Å²) < 4.78 is 0. The van der Waals surface area contributed by atoms with Gasteiger partial charge < -0.3 is 5.11 Å². The number of carbonyl (C=O) groups is 1. The van der Waals surface area contributed by atoms with Gasteiger partial charge in [-0.3, -0.25) is 9.78 Å². The number of aliphatic hydroxyl groups is 1. The van der Waals surface area contributed by atoms with Crippen LogP contribution in [0.25, 0.3) is 0 Å². The van der Waals surface area contributed by atoms with Gasteiger partial charge in [-0.25, -0.2) is 0 Å². The van der Waals surface area contributed by atoms with Gasteiger partial charge in [0.2, 0.25) is 5.78 Å². The fourth-order valence-electron chi connectivity index (χ4n) is 1.46. The third-order valence-corrected chi connectivity index (χ3v) is 2.73. The van der Waals surface area contributed by atoms with Gasteiger partial charge in [0.05, 0.1) is 21.7 Å². The first-order valence-electron chi connectivity index (χ1n) is 4.52. The van der Waals surface area contributed by atoms with Crippen molar-refractivity contribution >= 4 is 29.0 Å². The third-order valence-electron chi connectivity index (χ3n) is 2.22. The Balaban J connectivity index is 2.42. The molecule has 5 heteroatoms. The normalized spacial score (nSPS) is 19.8. The molecule has 2 rings (SSSR count). The van der Waals surface area contributed by atoms with Crippen molar-refractivity contribution in [1.82, 2.24) is 4.98 Å². The fourth-order valence-corrected chi connectivity index (χ4v) is 1.95. The van der Waals surface area contributed by atoms with E-state index >= 15 is 0 Å². The summed E-state index contributed by atoms with van der Waals surface area (Å²) in [6.45, 7) is 0. The van der Waals surface area contributed by atoms with Gasteiger partial charge in [-0.05, 0) is 12.1 Å². The van der Waals surface area contributed by atoms with Crippen LogP contribution in [-0.4, -0.2) is 15.9 Å². The lowest BCUT2D eigenvalue weighted by atomic mass is 9.94. The number of aromatic nitrogens is 1. The molecule has 1 N–H and O–H groups in total. The van der Waals surface area contributed by atoms with Gasteiger partial charge in [0.15, 0.2) is 5.76 Å². The molecule has 16 heavy (non-hydrogen) atoms. The number of Topliss-reactive ketones (excluding diaryl/α,β-unsaturated/α-hetero) is 1. The molecule has 1 aromatic heterocycles. The molecule has 1 unspecified atom stereocenters. The Morgan fingerprint density at radius 3 is 2.81 bits per heavy atom. The van der Waals surface area contributed by atoms with Gasteiger partial charge in [-0.15, -0.1) is 0 Å². The summed E-state index contributed by atoms with van der Waals surface area (Å²) in [7, 11) is 0. The summed E-state index contributed by atoms with van der Waals surface area (Å²) in [6, 6.07) is 1.52. The third kappa shape index (κ3) is 1.96. The smallest absolute Gasteiger partial charge is 0.209 e. The van der Waals surface area contributed by atoms with Crippen molar-refractivity contribution in [2.45, 2.75) is 5.92 Å². The second-order valence-electron chi connectivity index (χ2n) is 3.30. The van der Waals surface area contributed by atoms with E-state index in [1.807, 2.05) is 0 Å². The van der Waals surface area contributed by atoms with Crippen molar-refractivity contribution in [2.24, 2.45) is 0 Å². The van der Waals surface area contributed by atoms with Crippen molar-refractivity contribution in [3.8, 4) is 0 Å². The van der Waals surface area contributed by atoms with Gasteiger partial charge in [0, 0.05) is 6.20 Å². The monoisotopic (exact) mass is 255 g/mol. The van der Waals surface area contributed by atoms with Gasteiger partial charge >= 0.3 is 0 Å². The van der Waals surface area contributed by atoms with Crippen LogP contribution >= 0.6 is 23.2 Å². The summed E-state index contributed by atoms with van der Waals surface area (Å²) in [4.78, 5) is 15.7. The number of carbonyl (C=O) groups excluding carboxylic acids is 1. The Morgan fingerprint density at radius 2 is 2.12 bits per heavy atom. The maximum Gasteiger partial charge on any atom is 0.209 e. The van der Waals surface area contributed by atoms with E-state index in [1.54, 1.807) is 12.2 Å². The molecule has 0 fully saturated rings. The number of aliphatic hydroxyl groups excluding tert-OH is 1. The minimum atomic E-state index is -0.644. The van der Waals surface area contributed by atoms with E-state index in [0.717, 1.165) is 0 Å². The van der Waals surface area contributed by atoms with Gasteiger partial charge in [-0.2, -0.15) is 0 Å². The van der Waals surface area contributed by atoms with Crippen molar-refractivity contribution in [2.75, 3.05) is 0 Å². The first-order chi connectivity index (χ1) is 7.59. The Morgan fingerprint density at radius 1 is 1.38 bits per heavy atom. The van der Waals surface area contributed by atoms with E-state index in [4.69, 9.17) is 23.2 Å². The lowest BCUT2D eigenvalue weighted by Gasteiger charge is -2.14. The summed E-state index contributed by atoms with van der Waals surface area (Å²) in [6.07, 6.45) is 5.97. The van der Waals surface area contributed by atoms with Crippen molar-refractivity contribution in [1.29, 1.82) is 0 Å². The molecule has 1 aromatic rings. The Hall–Kier alpha value is -1.32. The van der Waals surface area contributed by atoms with Crippen LogP contribution in [-0.2, 0) is 4.79 Å². The molecule has 0 saturated heterocycles. The van der Waals surface area contributed by atoms with E-state index < -0.39 is 11.7 Å². The number of nitrogens with zero attached hydrogens (tertiary/aromatic N) is 1. The molecule has 0 radical (unpaired) electrons. The van der Waals surface area contributed by atoms with Gasteiger partial charge in [0.1, 0.15) is 0 Å². The summed E-state index contributed by atoms with van der Waals surface area (Å²) in [5.41, 5.74) is 0.395. The minimum Gasteiger partial charge on any atom is -0.504 e. The van der Waals surface area contributed by atoms with Crippen molar-refractivity contribution in [3.63, 3.8) is 0 Å². The topological polar surface area (TPSA) is 50.2 Å². The zero-order valence-corrected chi connectivity index (χ0v) is 9.53. The molecule has 1 heterocycles. The lowest BCUT2D eigenvalue weighted by molar-refractivity contribution is -0.118. The van der Waals surface area contributed by atoms with Crippen LogP contribution in [0.3, 0.4) is 0 Å². The number of pyridine rings is 1. The summed E-state index contributed by atoms with van der Waals surface area (Å²) >= 11 is 11.7.